The molecule has 5 aliphatic carbocycles. The van der Waals surface area contributed by atoms with Crippen LogP contribution in [0.2, 0.25) is 0 Å². The normalized spacial score (nSPS) is 30.7. The lowest BCUT2D eigenvalue weighted by Crippen LogP contribution is -2.57. The number of ether oxygens (including phenoxy) is 2. The molecule has 3 nitrogen and oxygen atoms in total. The molecular weight excluding hydrogens is 516 g/mol. The predicted octanol–water partition coefficient (Wildman–Crippen LogP) is 8.86. The lowest BCUT2D eigenvalue weighted by atomic mass is 9.46. The molecule has 2 bridgehead atoms. The fraction of sp³-hybridized carbons (Fsp3) is 0.308. The number of hydrogen-bond acceptors (Lipinski definition) is 3. The minimum Gasteiger partial charge on any atom is -0.464 e. The minimum absolute atomic E-state index is 0.0501. The highest BCUT2D eigenvalue weighted by Gasteiger charge is 2.60. The molecule has 5 atom stereocenters. The molecule has 0 aromatic heterocycles. The van der Waals surface area contributed by atoms with Crippen LogP contribution in [0.15, 0.2) is 115 Å². The fourth-order valence-corrected chi connectivity index (χ4v) is 8.90. The Bertz CT molecular complexity index is 1650. The molecular formula is C39H36O3. The average Bonchev–Trinajstić information content (AvgIpc) is 3.50. The molecule has 4 unspecified atom stereocenters. The first kappa shape index (κ1) is 25.6. The molecule has 1 heterocycles. The van der Waals surface area contributed by atoms with Gasteiger partial charge in [-0.2, -0.15) is 0 Å². The van der Waals surface area contributed by atoms with Crippen molar-refractivity contribution >= 4 is 17.6 Å². The molecule has 3 heteroatoms. The highest BCUT2D eigenvalue weighted by Crippen LogP contribution is 2.65. The Morgan fingerprint density at radius 2 is 1.67 bits per heavy atom. The van der Waals surface area contributed by atoms with Gasteiger partial charge in [-0.05, 0) is 71.3 Å². The number of rotatable bonds is 5. The molecule has 6 aliphatic rings. The van der Waals surface area contributed by atoms with Gasteiger partial charge in [-0.25, -0.2) is 0 Å². The van der Waals surface area contributed by atoms with Crippen LogP contribution in [0.1, 0.15) is 66.7 Å². The molecule has 0 spiro atoms. The van der Waals surface area contributed by atoms with E-state index in [0.717, 1.165) is 35.3 Å². The number of esters is 1. The molecule has 0 amide bonds. The van der Waals surface area contributed by atoms with Crippen LogP contribution in [0.4, 0.5) is 0 Å². The zero-order valence-electron chi connectivity index (χ0n) is 24.0. The van der Waals surface area contributed by atoms with Crippen molar-refractivity contribution in [3.63, 3.8) is 0 Å². The predicted molar refractivity (Wildman–Crippen MR) is 167 cm³/mol. The van der Waals surface area contributed by atoms with E-state index in [4.69, 9.17) is 9.47 Å². The second kappa shape index (κ2) is 10.0. The van der Waals surface area contributed by atoms with Gasteiger partial charge in [0.1, 0.15) is 11.9 Å². The van der Waals surface area contributed by atoms with Crippen LogP contribution in [-0.4, -0.2) is 12.1 Å². The summed E-state index contributed by atoms with van der Waals surface area (Å²) in [4.78, 5) is 14.1. The summed E-state index contributed by atoms with van der Waals surface area (Å²) in [5.74, 6) is 1.51. The largest absolute Gasteiger partial charge is 0.464 e. The first-order valence-electron chi connectivity index (χ1n) is 15.5. The van der Waals surface area contributed by atoms with Crippen molar-refractivity contribution in [2.45, 2.75) is 50.5 Å². The molecule has 9 rings (SSSR count). The third-order valence-electron chi connectivity index (χ3n) is 10.9. The van der Waals surface area contributed by atoms with Gasteiger partial charge < -0.3 is 9.47 Å². The summed E-state index contributed by atoms with van der Waals surface area (Å²) in [5.41, 5.74) is 7.22. The van der Waals surface area contributed by atoms with E-state index in [1.165, 1.54) is 29.5 Å². The molecule has 3 aromatic carbocycles. The number of allylic oxidation sites excluding steroid dienone is 4. The van der Waals surface area contributed by atoms with Crippen LogP contribution in [0.5, 0.6) is 5.75 Å². The van der Waals surface area contributed by atoms with E-state index >= 15 is 0 Å². The zero-order valence-corrected chi connectivity index (χ0v) is 24.0. The Labute approximate surface area is 248 Å². The van der Waals surface area contributed by atoms with Crippen LogP contribution >= 0.6 is 0 Å². The molecule has 210 valence electrons. The Balaban J connectivity index is 1.16. The maximum absolute atomic E-state index is 14.1. The summed E-state index contributed by atoms with van der Waals surface area (Å²) in [5, 5.41) is 0. The Morgan fingerprint density at radius 1 is 0.905 bits per heavy atom. The zero-order chi connectivity index (χ0) is 28.3. The molecule has 0 radical (unpaired) electrons. The third kappa shape index (κ3) is 3.97. The van der Waals surface area contributed by atoms with E-state index in [1.54, 1.807) is 6.26 Å². The van der Waals surface area contributed by atoms with E-state index in [-0.39, 0.29) is 29.3 Å². The number of fused-ring (bicyclic) bond motifs is 7. The highest BCUT2D eigenvalue weighted by molar-refractivity contribution is 5.91. The van der Waals surface area contributed by atoms with Crippen LogP contribution in [0.25, 0.3) is 11.6 Å². The molecule has 3 aromatic rings. The lowest BCUT2D eigenvalue weighted by molar-refractivity contribution is -0.181. The van der Waals surface area contributed by atoms with Crippen LogP contribution in [0.3, 0.4) is 0 Å². The summed E-state index contributed by atoms with van der Waals surface area (Å²) < 4.78 is 12.6. The number of para-hydroxylation sites is 1. The standard InChI is InChI=1S/C39H36O3/c1-25(26-9-3-2-4-10-26)36-37(28-19-21-39(36,22-20-28)34-18-17-27-11-5-6-12-31(27)34)42-38(40)29-15-16-30-24-41-35-14-8-7-13-32(35)33(30)23-29/h2-18,23-25,28-29,34,36-37H,19-22H2,1H3/t25?,28?,29?,34?,36?,37-,39?/m1/s1. The van der Waals surface area contributed by atoms with Crippen LogP contribution < -0.4 is 4.74 Å². The van der Waals surface area contributed by atoms with E-state index in [2.05, 4.69) is 85.8 Å². The van der Waals surface area contributed by atoms with Crippen molar-refractivity contribution in [2.75, 3.05) is 0 Å². The van der Waals surface area contributed by atoms with Crippen molar-refractivity contribution in [2.24, 2.45) is 23.2 Å². The van der Waals surface area contributed by atoms with E-state index in [1.807, 2.05) is 30.4 Å². The Kier molecular flexibility index (Phi) is 6.10. The molecule has 0 N–H and O–H groups in total. The highest BCUT2D eigenvalue weighted by atomic mass is 16.5. The average molecular weight is 553 g/mol. The van der Waals surface area contributed by atoms with Gasteiger partial charge in [0.25, 0.3) is 0 Å². The van der Waals surface area contributed by atoms with Crippen molar-refractivity contribution in [3.05, 3.63) is 137 Å². The van der Waals surface area contributed by atoms with Gasteiger partial charge in [-0.1, -0.05) is 110 Å². The summed E-state index contributed by atoms with van der Waals surface area (Å²) in [7, 11) is 0. The maximum atomic E-state index is 14.1. The molecule has 1 aliphatic heterocycles. The fourth-order valence-electron chi connectivity index (χ4n) is 8.90. The minimum atomic E-state index is -0.417. The maximum Gasteiger partial charge on any atom is 0.317 e. The van der Waals surface area contributed by atoms with Gasteiger partial charge >= 0.3 is 5.97 Å². The van der Waals surface area contributed by atoms with Gasteiger partial charge in [-0.15, -0.1) is 0 Å². The Hall–Kier alpha value is -4.11. The van der Waals surface area contributed by atoms with Crippen molar-refractivity contribution in [3.8, 4) is 5.75 Å². The summed E-state index contributed by atoms with van der Waals surface area (Å²) in [6.45, 7) is 2.37. The summed E-state index contributed by atoms with van der Waals surface area (Å²) >= 11 is 0. The van der Waals surface area contributed by atoms with E-state index in [9.17, 15) is 4.79 Å². The number of carbonyl (C=O) groups excluding carboxylic acids is 1. The van der Waals surface area contributed by atoms with Gasteiger partial charge in [0.2, 0.25) is 0 Å². The third-order valence-corrected chi connectivity index (χ3v) is 10.9. The van der Waals surface area contributed by atoms with Gasteiger partial charge in [0.05, 0.1) is 12.2 Å². The van der Waals surface area contributed by atoms with Crippen molar-refractivity contribution < 1.29 is 14.3 Å². The monoisotopic (exact) mass is 552 g/mol. The number of benzene rings is 3. The van der Waals surface area contributed by atoms with Crippen molar-refractivity contribution in [1.82, 2.24) is 0 Å². The van der Waals surface area contributed by atoms with E-state index in [0.29, 0.717) is 11.8 Å². The number of hydrogen-bond donors (Lipinski definition) is 0. The molecule has 3 saturated carbocycles. The first-order valence-corrected chi connectivity index (χ1v) is 15.5. The Morgan fingerprint density at radius 3 is 2.52 bits per heavy atom. The first-order chi connectivity index (χ1) is 20.6. The van der Waals surface area contributed by atoms with Gasteiger partial charge in [0.15, 0.2) is 0 Å². The smallest absolute Gasteiger partial charge is 0.317 e. The molecule has 3 fully saturated rings. The van der Waals surface area contributed by atoms with Crippen molar-refractivity contribution in [1.29, 1.82) is 0 Å². The molecule has 0 saturated heterocycles. The van der Waals surface area contributed by atoms with Gasteiger partial charge in [0, 0.05) is 23.0 Å². The van der Waals surface area contributed by atoms with Gasteiger partial charge in [-0.3, -0.25) is 4.79 Å². The van der Waals surface area contributed by atoms with Crippen LogP contribution in [-0.2, 0) is 9.53 Å². The number of carbonyl (C=O) groups is 1. The second-order valence-corrected chi connectivity index (χ2v) is 12.8. The second-order valence-electron chi connectivity index (χ2n) is 12.8. The lowest BCUT2D eigenvalue weighted by Gasteiger charge is -2.60. The SMILES string of the molecule is CC(c1ccccc1)C1[C@H](OC(=O)C2C=CC3=COc4ccccc4C3=C2)C2CCC1(C1C=Cc3ccccc31)CC2. The quantitative estimate of drug-likeness (QED) is 0.297. The topological polar surface area (TPSA) is 35.5 Å². The molecule has 42 heavy (non-hydrogen) atoms. The van der Waals surface area contributed by atoms with E-state index < -0.39 is 5.92 Å². The van der Waals surface area contributed by atoms with Crippen LogP contribution in [0, 0.1) is 23.2 Å². The summed E-state index contributed by atoms with van der Waals surface area (Å²) in [6.07, 6.45) is 17.1. The summed E-state index contributed by atoms with van der Waals surface area (Å²) in [6, 6.07) is 27.8.